The smallest absolute Gasteiger partial charge is 0.225 e. The van der Waals surface area contributed by atoms with E-state index in [1.54, 1.807) is 0 Å². The van der Waals surface area contributed by atoms with Crippen molar-refractivity contribution in [1.82, 2.24) is 9.97 Å². The predicted molar refractivity (Wildman–Crippen MR) is 62.5 cm³/mol. The lowest BCUT2D eigenvalue weighted by molar-refractivity contribution is 0.386. The van der Waals surface area contributed by atoms with Crippen LogP contribution in [0.3, 0.4) is 0 Å². The lowest BCUT2D eigenvalue weighted by atomic mass is 9.92. The normalized spacial score (nSPS) is 16.1. The molecule has 82 valence electrons. The van der Waals surface area contributed by atoms with Gasteiger partial charge in [-0.05, 0) is 32.3 Å². The zero-order valence-corrected chi connectivity index (χ0v) is 9.74. The summed E-state index contributed by atoms with van der Waals surface area (Å²) in [5.74, 6) is 1.47. The minimum atomic E-state index is 0.602. The highest BCUT2D eigenvalue weighted by atomic mass is 35.5. The summed E-state index contributed by atoms with van der Waals surface area (Å²) < 4.78 is 0. The molecule has 0 N–H and O–H groups in total. The molecule has 0 aromatic carbocycles. The van der Waals surface area contributed by atoms with Crippen molar-refractivity contribution in [3.05, 3.63) is 18.0 Å². The van der Waals surface area contributed by atoms with E-state index in [1.807, 2.05) is 19.2 Å². The van der Waals surface area contributed by atoms with Crippen molar-refractivity contribution in [3.63, 3.8) is 0 Å². The molecule has 1 saturated carbocycles. The molecule has 0 saturated heterocycles. The maximum Gasteiger partial charge on any atom is 0.225 e. The summed E-state index contributed by atoms with van der Waals surface area (Å²) in [6.07, 6.45) is 5.62. The summed E-state index contributed by atoms with van der Waals surface area (Å²) in [5, 5.41) is 0. The van der Waals surface area contributed by atoms with Crippen LogP contribution in [0.15, 0.2) is 12.3 Å². The summed E-state index contributed by atoms with van der Waals surface area (Å²) >= 11 is 5.81. The average Bonchev–Trinajstić information content (AvgIpc) is 2.14. The molecular formula is C11H16ClN3. The second kappa shape index (κ2) is 4.79. The van der Waals surface area contributed by atoms with Gasteiger partial charge in [0.15, 0.2) is 0 Å². The largest absolute Gasteiger partial charge is 0.337 e. The zero-order valence-electron chi connectivity index (χ0n) is 8.99. The summed E-state index contributed by atoms with van der Waals surface area (Å²) in [7, 11) is 0. The SMILES string of the molecule is Cc1ccnc(N(CCCl)C2CCC2)n1. The van der Waals surface area contributed by atoms with E-state index in [-0.39, 0.29) is 0 Å². The first-order chi connectivity index (χ1) is 7.31. The average molecular weight is 226 g/mol. The molecule has 0 bridgehead atoms. The summed E-state index contributed by atoms with van der Waals surface area (Å²) in [6, 6.07) is 2.52. The van der Waals surface area contributed by atoms with Crippen molar-refractivity contribution >= 4 is 17.5 Å². The van der Waals surface area contributed by atoms with Gasteiger partial charge in [0.1, 0.15) is 0 Å². The standard InChI is InChI=1S/C11H16ClN3/c1-9-5-7-13-11(14-9)15(8-6-12)10-3-2-4-10/h5,7,10H,2-4,6,8H2,1H3. The van der Waals surface area contributed by atoms with Crippen LogP contribution in [0.1, 0.15) is 25.0 Å². The Morgan fingerprint density at radius 2 is 2.33 bits per heavy atom. The topological polar surface area (TPSA) is 29.0 Å². The predicted octanol–water partition coefficient (Wildman–Crippen LogP) is 2.38. The van der Waals surface area contributed by atoms with Crippen LogP contribution in [0.5, 0.6) is 0 Å². The number of aryl methyl sites for hydroxylation is 1. The number of alkyl halides is 1. The van der Waals surface area contributed by atoms with Crippen LogP contribution in [0.4, 0.5) is 5.95 Å². The highest BCUT2D eigenvalue weighted by molar-refractivity contribution is 6.18. The Labute approximate surface area is 95.5 Å². The van der Waals surface area contributed by atoms with Gasteiger partial charge in [0.25, 0.3) is 0 Å². The molecule has 1 fully saturated rings. The van der Waals surface area contributed by atoms with E-state index < -0.39 is 0 Å². The Kier molecular flexibility index (Phi) is 3.41. The number of rotatable bonds is 4. The fourth-order valence-corrected chi connectivity index (χ4v) is 1.99. The van der Waals surface area contributed by atoms with Crippen molar-refractivity contribution < 1.29 is 0 Å². The maximum atomic E-state index is 5.81. The molecule has 1 aromatic heterocycles. The Balaban J connectivity index is 2.15. The molecule has 0 atom stereocenters. The van der Waals surface area contributed by atoms with Gasteiger partial charge in [-0.25, -0.2) is 9.97 Å². The van der Waals surface area contributed by atoms with E-state index in [1.165, 1.54) is 19.3 Å². The number of hydrogen-bond acceptors (Lipinski definition) is 3. The fourth-order valence-electron chi connectivity index (χ4n) is 1.81. The summed E-state index contributed by atoms with van der Waals surface area (Å²) in [6.45, 7) is 2.83. The van der Waals surface area contributed by atoms with Crippen LogP contribution < -0.4 is 4.90 Å². The number of aromatic nitrogens is 2. The Bertz CT molecular complexity index is 325. The first kappa shape index (κ1) is 10.7. The molecule has 1 aliphatic carbocycles. The van der Waals surface area contributed by atoms with Crippen molar-refractivity contribution in [2.45, 2.75) is 32.2 Å². The van der Waals surface area contributed by atoms with Crippen LogP contribution in [-0.2, 0) is 0 Å². The molecule has 1 heterocycles. The van der Waals surface area contributed by atoms with Crippen LogP contribution in [0, 0.1) is 6.92 Å². The van der Waals surface area contributed by atoms with E-state index in [2.05, 4.69) is 14.9 Å². The number of hydrogen-bond donors (Lipinski definition) is 0. The number of nitrogens with zero attached hydrogens (tertiary/aromatic N) is 3. The molecule has 0 spiro atoms. The Hall–Kier alpha value is -0.830. The molecule has 1 aliphatic rings. The van der Waals surface area contributed by atoms with E-state index in [0.29, 0.717) is 11.9 Å². The maximum absolute atomic E-state index is 5.81. The fraction of sp³-hybridized carbons (Fsp3) is 0.636. The van der Waals surface area contributed by atoms with E-state index >= 15 is 0 Å². The highest BCUT2D eigenvalue weighted by Crippen LogP contribution is 2.27. The number of halogens is 1. The van der Waals surface area contributed by atoms with Gasteiger partial charge in [0.2, 0.25) is 5.95 Å². The minimum absolute atomic E-state index is 0.602. The highest BCUT2D eigenvalue weighted by Gasteiger charge is 2.26. The number of anilines is 1. The third-order valence-electron chi connectivity index (χ3n) is 2.88. The van der Waals surface area contributed by atoms with Gasteiger partial charge in [0, 0.05) is 30.4 Å². The molecule has 0 unspecified atom stereocenters. The van der Waals surface area contributed by atoms with Crippen LogP contribution in [0.25, 0.3) is 0 Å². The second-order valence-electron chi connectivity index (χ2n) is 3.97. The van der Waals surface area contributed by atoms with Gasteiger partial charge in [-0.2, -0.15) is 0 Å². The monoisotopic (exact) mass is 225 g/mol. The third-order valence-corrected chi connectivity index (χ3v) is 3.05. The van der Waals surface area contributed by atoms with E-state index in [4.69, 9.17) is 11.6 Å². The van der Waals surface area contributed by atoms with Crippen molar-refractivity contribution in [3.8, 4) is 0 Å². The Morgan fingerprint density at radius 1 is 1.53 bits per heavy atom. The van der Waals surface area contributed by atoms with Crippen molar-refractivity contribution in [1.29, 1.82) is 0 Å². The van der Waals surface area contributed by atoms with Crippen LogP contribution in [0.2, 0.25) is 0 Å². The van der Waals surface area contributed by atoms with Gasteiger partial charge < -0.3 is 4.90 Å². The molecular weight excluding hydrogens is 210 g/mol. The molecule has 0 amide bonds. The van der Waals surface area contributed by atoms with Gasteiger partial charge >= 0.3 is 0 Å². The minimum Gasteiger partial charge on any atom is -0.337 e. The third kappa shape index (κ3) is 2.40. The first-order valence-electron chi connectivity index (χ1n) is 5.43. The molecule has 0 aliphatic heterocycles. The van der Waals surface area contributed by atoms with Crippen molar-refractivity contribution in [2.75, 3.05) is 17.3 Å². The quantitative estimate of drug-likeness (QED) is 0.737. The Morgan fingerprint density at radius 3 is 2.87 bits per heavy atom. The van der Waals surface area contributed by atoms with Crippen molar-refractivity contribution in [2.24, 2.45) is 0 Å². The molecule has 1 aromatic rings. The molecule has 0 radical (unpaired) electrons. The lowest BCUT2D eigenvalue weighted by Crippen LogP contribution is -2.42. The lowest BCUT2D eigenvalue weighted by Gasteiger charge is -2.37. The van der Waals surface area contributed by atoms with Gasteiger partial charge in [-0.1, -0.05) is 0 Å². The van der Waals surface area contributed by atoms with Crippen LogP contribution >= 0.6 is 11.6 Å². The first-order valence-corrected chi connectivity index (χ1v) is 5.97. The van der Waals surface area contributed by atoms with E-state index in [9.17, 15) is 0 Å². The summed E-state index contributed by atoms with van der Waals surface area (Å²) in [4.78, 5) is 11.0. The van der Waals surface area contributed by atoms with Crippen LogP contribution in [-0.4, -0.2) is 28.4 Å². The van der Waals surface area contributed by atoms with E-state index in [0.717, 1.165) is 18.2 Å². The molecule has 2 rings (SSSR count). The molecule has 3 nitrogen and oxygen atoms in total. The zero-order chi connectivity index (χ0) is 10.7. The van der Waals surface area contributed by atoms with Gasteiger partial charge in [0.05, 0.1) is 0 Å². The molecule has 15 heavy (non-hydrogen) atoms. The van der Waals surface area contributed by atoms with Gasteiger partial charge in [-0.15, -0.1) is 11.6 Å². The summed E-state index contributed by atoms with van der Waals surface area (Å²) in [5.41, 5.74) is 1.01. The second-order valence-corrected chi connectivity index (χ2v) is 4.34. The molecule has 4 heteroatoms. The van der Waals surface area contributed by atoms with Gasteiger partial charge in [-0.3, -0.25) is 0 Å².